The highest BCUT2D eigenvalue weighted by Crippen LogP contribution is 2.19. The van der Waals surface area contributed by atoms with Crippen LogP contribution in [0.3, 0.4) is 0 Å². The normalized spacial score (nSPS) is 24.2. The van der Waals surface area contributed by atoms with Crippen molar-refractivity contribution in [3.8, 4) is 0 Å². The average Bonchev–Trinajstić information content (AvgIpc) is 3.08. The summed E-state index contributed by atoms with van der Waals surface area (Å²) >= 11 is 0. The molecule has 0 saturated carbocycles. The Morgan fingerprint density at radius 1 is 1.14 bits per heavy atom. The van der Waals surface area contributed by atoms with Crippen molar-refractivity contribution < 1.29 is 0 Å². The van der Waals surface area contributed by atoms with E-state index in [1.807, 2.05) is 0 Å². The predicted octanol–water partition coefficient (Wildman–Crippen LogP) is 2.58. The van der Waals surface area contributed by atoms with Crippen molar-refractivity contribution in [2.24, 2.45) is 5.92 Å². The maximum atomic E-state index is 3.48. The SMILES string of the molecule is CN(CCC1CCNC1)C1CCN(Cc2ccccc2)CC1. The summed E-state index contributed by atoms with van der Waals surface area (Å²) in [6.07, 6.45) is 5.40. The van der Waals surface area contributed by atoms with Gasteiger partial charge in [0.2, 0.25) is 0 Å². The van der Waals surface area contributed by atoms with Crippen molar-refractivity contribution in [3.05, 3.63) is 35.9 Å². The molecule has 22 heavy (non-hydrogen) atoms. The molecule has 122 valence electrons. The van der Waals surface area contributed by atoms with Gasteiger partial charge in [0.1, 0.15) is 0 Å². The molecule has 3 nitrogen and oxygen atoms in total. The molecule has 3 rings (SSSR count). The number of nitrogens with one attached hydrogen (secondary N) is 1. The van der Waals surface area contributed by atoms with Crippen LogP contribution in [-0.2, 0) is 6.54 Å². The largest absolute Gasteiger partial charge is 0.316 e. The second kappa shape index (κ2) is 8.09. The molecular weight excluding hydrogens is 270 g/mol. The first-order valence-corrected chi connectivity index (χ1v) is 8.98. The lowest BCUT2D eigenvalue weighted by molar-refractivity contribution is 0.119. The van der Waals surface area contributed by atoms with Gasteiger partial charge in [-0.15, -0.1) is 0 Å². The van der Waals surface area contributed by atoms with Crippen LogP contribution in [0.1, 0.15) is 31.2 Å². The highest BCUT2D eigenvalue weighted by atomic mass is 15.2. The van der Waals surface area contributed by atoms with Gasteiger partial charge < -0.3 is 10.2 Å². The van der Waals surface area contributed by atoms with Crippen molar-refractivity contribution in [1.29, 1.82) is 0 Å². The van der Waals surface area contributed by atoms with E-state index < -0.39 is 0 Å². The molecular formula is C19H31N3. The van der Waals surface area contributed by atoms with Crippen LogP contribution in [0.5, 0.6) is 0 Å². The van der Waals surface area contributed by atoms with Gasteiger partial charge in [-0.3, -0.25) is 4.90 Å². The van der Waals surface area contributed by atoms with E-state index in [0.29, 0.717) is 0 Å². The smallest absolute Gasteiger partial charge is 0.0233 e. The fourth-order valence-corrected chi connectivity index (χ4v) is 3.89. The number of rotatable bonds is 6. The monoisotopic (exact) mass is 301 g/mol. The molecule has 0 spiro atoms. The van der Waals surface area contributed by atoms with Crippen molar-refractivity contribution >= 4 is 0 Å². The van der Waals surface area contributed by atoms with Gasteiger partial charge in [-0.05, 0) is 76.9 Å². The molecule has 1 atom stereocenters. The minimum Gasteiger partial charge on any atom is -0.316 e. The molecule has 1 N–H and O–H groups in total. The molecule has 1 aromatic rings. The van der Waals surface area contributed by atoms with Gasteiger partial charge in [0.25, 0.3) is 0 Å². The summed E-state index contributed by atoms with van der Waals surface area (Å²) in [4.78, 5) is 5.23. The average molecular weight is 301 g/mol. The highest BCUT2D eigenvalue weighted by molar-refractivity contribution is 5.14. The minimum atomic E-state index is 0.793. The van der Waals surface area contributed by atoms with E-state index >= 15 is 0 Å². The molecule has 3 heteroatoms. The molecule has 0 radical (unpaired) electrons. The zero-order valence-electron chi connectivity index (χ0n) is 14.0. The van der Waals surface area contributed by atoms with Gasteiger partial charge in [-0.2, -0.15) is 0 Å². The predicted molar refractivity (Wildman–Crippen MR) is 93.0 cm³/mol. The summed E-state index contributed by atoms with van der Waals surface area (Å²) in [5.41, 5.74) is 1.45. The summed E-state index contributed by atoms with van der Waals surface area (Å²) in [7, 11) is 2.33. The number of benzene rings is 1. The maximum absolute atomic E-state index is 3.48. The molecule has 2 aliphatic heterocycles. The van der Waals surface area contributed by atoms with Crippen LogP contribution in [0.25, 0.3) is 0 Å². The zero-order valence-corrected chi connectivity index (χ0v) is 14.0. The molecule has 2 heterocycles. The number of nitrogens with zero attached hydrogens (tertiary/aromatic N) is 2. The Balaban J connectivity index is 1.37. The van der Waals surface area contributed by atoms with E-state index in [1.54, 1.807) is 0 Å². The Bertz CT molecular complexity index is 420. The fraction of sp³-hybridized carbons (Fsp3) is 0.684. The van der Waals surface area contributed by atoms with E-state index in [9.17, 15) is 0 Å². The number of hydrogen-bond donors (Lipinski definition) is 1. The highest BCUT2D eigenvalue weighted by Gasteiger charge is 2.23. The quantitative estimate of drug-likeness (QED) is 0.871. The molecule has 0 bridgehead atoms. The molecule has 0 aliphatic carbocycles. The Kier molecular flexibility index (Phi) is 5.88. The Morgan fingerprint density at radius 3 is 2.59 bits per heavy atom. The van der Waals surface area contributed by atoms with Crippen molar-refractivity contribution in [3.63, 3.8) is 0 Å². The third-order valence-corrected chi connectivity index (χ3v) is 5.48. The second-order valence-corrected chi connectivity index (χ2v) is 7.12. The van der Waals surface area contributed by atoms with Crippen LogP contribution >= 0.6 is 0 Å². The van der Waals surface area contributed by atoms with E-state index in [2.05, 4.69) is 52.5 Å². The summed E-state index contributed by atoms with van der Waals surface area (Å²) in [6.45, 7) is 7.35. The van der Waals surface area contributed by atoms with E-state index in [4.69, 9.17) is 0 Å². The lowest BCUT2D eigenvalue weighted by Gasteiger charge is -2.37. The molecule has 2 fully saturated rings. The number of piperidine rings is 1. The fourth-order valence-electron chi connectivity index (χ4n) is 3.89. The molecule has 1 unspecified atom stereocenters. The van der Waals surface area contributed by atoms with Gasteiger partial charge in [0.15, 0.2) is 0 Å². The topological polar surface area (TPSA) is 18.5 Å². The number of likely N-dealkylation sites (tertiary alicyclic amines) is 1. The first-order valence-electron chi connectivity index (χ1n) is 8.98. The minimum absolute atomic E-state index is 0.793. The van der Waals surface area contributed by atoms with Gasteiger partial charge in [-0.25, -0.2) is 0 Å². The van der Waals surface area contributed by atoms with Crippen LogP contribution in [0.2, 0.25) is 0 Å². The van der Waals surface area contributed by atoms with Crippen molar-refractivity contribution in [2.45, 2.75) is 38.3 Å². The van der Waals surface area contributed by atoms with Crippen LogP contribution in [0.15, 0.2) is 30.3 Å². The zero-order chi connectivity index (χ0) is 15.2. The lowest BCUT2D eigenvalue weighted by atomic mass is 10.0. The maximum Gasteiger partial charge on any atom is 0.0233 e. The van der Waals surface area contributed by atoms with Crippen molar-refractivity contribution in [1.82, 2.24) is 15.1 Å². The van der Waals surface area contributed by atoms with Gasteiger partial charge >= 0.3 is 0 Å². The second-order valence-electron chi connectivity index (χ2n) is 7.12. The molecule has 0 aromatic heterocycles. The first kappa shape index (κ1) is 16.0. The Hall–Kier alpha value is -0.900. The summed E-state index contributed by atoms with van der Waals surface area (Å²) in [5, 5.41) is 3.48. The summed E-state index contributed by atoms with van der Waals surface area (Å²) in [6, 6.07) is 11.7. The van der Waals surface area contributed by atoms with E-state index in [0.717, 1.165) is 18.5 Å². The van der Waals surface area contributed by atoms with Crippen LogP contribution in [0.4, 0.5) is 0 Å². The van der Waals surface area contributed by atoms with Gasteiger partial charge in [-0.1, -0.05) is 30.3 Å². The van der Waals surface area contributed by atoms with Crippen LogP contribution < -0.4 is 5.32 Å². The van der Waals surface area contributed by atoms with Crippen LogP contribution in [-0.4, -0.2) is 55.6 Å². The van der Waals surface area contributed by atoms with E-state index in [-0.39, 0.29) is 0 Å². The molecule has 2 aliphatic rings. The molecule has 0 amide bonds. The Labute approximate surface area is 135 Å². The molecule has 2 saturated heterocycles. The number of hydrogen-bond acceptors (Lipinski definition) is 3. The third kappa shape index (κ3) is 4.55. The molecule has 1 aromatic carbocycles. The first-order chi connectivity index (χ1) is 10.8. The van der Waals surface area contributed by atoms with Gasteiger partial charge in [0.05, 0.1) is 0 Å². The van der Waals surface area contributed by atoms with Crippen molar-refractivity contribution in [2.75, 3.05) is 39.8 Å². The Morgan fingerprint density at radius 2 is 1.91 bits per heavy atom. The summed E-state index contributed by atoms with van der Waals surface area (Å²) in [5.74, 6) is 0.917. The van der Waals surface area contributed by atoms with Crippen LogP contribution in [0, 0.1) is 5.92 Å². The standard InChI is InChI=1S/C19H31N3/c1-21(12-8-17-7-11-20-15-17)19-9-13-22(14-10-19)16-18-5-3-2-4-6-18/h2-6,17,19-20H,7-16H2,1H3. The third-order valence-electron chi connectivity index (χ3n) is 5.48. The summed E-state index contributed by atoms with van der Waals surface area (Å²) < 4.78 is 0. The lowest BCUT2D eigenvalue weighted by Crippen LogP contribution is -2.43. The van der Waals surface area contributed by atoms with Gasteiger partial charge in [0, 0.05) is 12.6 Å². The van der Waals surface area contributed by atoms with E-state index in [1.165, 1.54) is 64.0 Å².